The first kappa shape index (κ1) is 13.9. The summed E-state index contributed by atoms with van der Waals surface area (Å²) in [6, 6.07) is 0.431. The van der Waals surface area contributed by atoms with Crippen LogP contribution in [0.25, 0.3) is 0 Å². The normalized spacial score (nSPS) is 32.4. The van der Waals surface area contributed by atoms with E-state index in [1.807, 2.05) is 0 Å². The maximum Gasteiger partial charge on any atom is 0.221 e. The lowest BCUT2D eigenvalue weighted by Crippen LogP contribution is -2.35. The molecule has 1 aliphatic carbocycles. The van der Waals surface area contributed by atoms with Crippen molar-refractivity contribution in [1.29, 1.82) is 0 Å². The Morgan fingerprint density at radius 3 is 2.50 bits per heavy atom. The fourth-order valence-electron chi connectivity index (χ4n) is 3.33. The molecule has 104 valence electrons. The van der Waals surface area contributed by atoms with Crippen LogP contribution in [0.3, 0.4) is 0 Å². The van der Waals surface area contributed by atoms with Crippen LogP contribution in [-0.2, 0) is 4.79 Å². The van der Waals surface area contributed by atoms with Gasteiger partial charge in [-0.25, -0.2) is 0 Å². The Morgan fingerprint density at radius 2 is 1.89 bits per heavy atom. The van der Waals surface area contributed by atoms with E-state index in [9.17, 15) is 4.79 Å². The van der Waals surface area contributed by atoms with E-state index in [0.717, 1.165) is 31.3 Å². The third-order valence-electron chi connectivity index (χ3n) is 4.73. The zero-order chi connectivity index (χ0) is 12.8. The Kier molecular flexibility index (Phi) is 5.48. The molecule has 1 aliphatic heterocycles. The van der Waals surface area contributed by atoms with E-state index in [-0.39, 0.29) is 5.91 Å². The van der Waals surface area contributed by atoms with E-state index >= 15 is 0 Å². The number of rotatable bonds is 5. The van der Waals surface area contributed by atoms with E-state index in [2.05, 4.69) is 17.6 Å². The molecule has 0 aromatic heterocycles. The monoisotopic (exact) mass is 252 g/mol. The van der Waals surface area contributed by atoms with Crippen LogP contribution in [-0.4, -0.2) is 25.0 Å². The molecule has 2 rings (SSSR count). The quantitative estimate of drug-likeness (QED) is 0.789. The Morgan fingerprint density at radius 1 is 1.17 bits per heavy atom. The smallest absolute Gasteiger partial charge is 0.221 e. The Labute approximate surface area is 111 Å². The van der Waals surface area contributed by atoms with Crippen molar-refractivity contribution in [2.75, 3.05) is 13.1 Å². The summed E-state index contributed by atoms with van der Waals surface area (Å²) in [4.78, 5) is 11.8. The second-order valence-corrected chi connectivity index (χ2v) is 6.10. The standard InChI is InChI=1S/C15H28N2O/c1-2-12-5-7-13(8-6-12)11-17-15(18)10-14-4-3-9-16-14/h12-14,16H,2-11H2,1H3,(H,17,18). The minimum atomic E-state index is 0.243. The summed E-state index contributed by atoms with van der Waals surface area (Å²) >= 11 is 0. The highest BCUT2D eigenvalue weighted by molar-refractivity contribution is 5.76. The van der Waals surface area contributed by atoms with Gasteiger partial charge in [0.1, 0.15) is 0 Å². The van der Waals surface area contributed by atoms with Gasteiger partial charge in [0.15, 0.2) is 0 Å². The van der Waals surface area contributed by atoms with Crippen LogP contribution in [0.5, 0.6) is 0 Å². The summed E-state index contributed by atoms with van der Waals surface area (Å²) in [5.41, 5.74) is 0. The van der Waals surface area contributed by atoms with E-state index < -0.39 is 0 Å². The van der Waals surface area contributed by atoms with Crippen LogP contribution >= 0.6 is 0 Å². The van der Waals surface area contributed by atoms with Crippen LogP contribution in [0.15, 0.2) is 0 Å². The Hall–Kier alpha value is -0.570. The van der Waals surface area contributed by atoms with Crippen molar-refractivity contribution in [1.82, 2.24) is 10.6 Å². The first-order valence-electron chi connectivity index (χ1n) is 7.78. The molecule has 0 aromatic carbocycles. The van der Waals surface area contributed by atoms with Crippen LogP contribution in [0.4, 0.5) is 0 Å². The minimum absolute atomic E-state index is 0.243. The number of carbonyl (C=O) groups is 1. The molecule has 0 spiro atoms. The summed E-state index contributed by atoms with van der Waals surface area (Å²) in [6.45, 7) is 4.28. The molecule has 2 aliphatic rings. The van der Waals surface area contributed by atoms with Crippen LogP contribution in [0.2, 0.25) is 0 Å². The van der Waals surface area contributed by atoms with Crippen molar-refractivity contribution in [2.24, 2.45) is 11.8 Å². The number of hydrogen-bond acceptors (Lipinski definition) is 2. The predicted molar refractivity (Wildman–Crippen MR) is 74.4 cm³/mol. The fourth-order valence-corrected chi connectivity index (χ4v) is 3.33. The van der Waals surface area contributed by atoms with Crippen molar-refractivity contribution in [3.63, 3.8) is 0 Å². The van der Waals surface area contributed by atoms with Crippen molar-refractivity contribution < 1.29 is 4.79 Å². The lowest BCUT2D eigenvalue weighted by Gasteiger charge is -2.28. The Balaban J connectivity index is 1.58. The molecule has 0 bridgehead atoms. The van der Waals surface area contributed by atoms with Crippen LogP contribution in [0, 0.1) is 11.8 Å². The van der Waals surface area contributed by atoms with E-state index in [1.165, 1.54) is 38.5 Å². The predicted octanol–water partition coefficient (Wildman–Crippen LogP) is 2.46. The second kappa shape index (κ2) is 7.13. The minimum Gasteiger partial charge on any atom is -0.356 e. The van der Waals surface area contributed by atoms with Crippen molar-refractivity contribution in [2.45, 2.75) is 64.3 Å². The third kappa shape index (κ3) is 4.27. The molecule has 0 aromatic rings. The molecule has 1 unspecified atom stereocenters. The highest BCUT2D eigenvalue weighted by Gasteiger charge is 2.21. The molecule has 3 nitrogen and oxygen atoms in total. The number of carbonyl (C=O) groups excluding carboxylic acids is 1. The van der Waals surface area contributed by atoms with Gasteiger partial charge < -0.3 is 10.6 Å². The van der Waals surface area contributed by atoms with Crippen LogP contribution in [0.1, 0.15) is 58.3 Å². The molecular weight excluding hydrogens is 224 g/mol. The van der Waals surface area contributed by atoms with Crippen molar-refractivity contribution in [3.8, 4) is 0 Å². The highest BCUT2D eigenvalue weighted by atomic mass is 16.1. The van der Waals surface area contributed by atoms with E-state index in [0.29, 0.717) is 12.5 Å². The summed E-state index contributed by atoms with van der Waals surface area (Å²) in [5, 5.41) is 6.51. The topological polar surface area (TPSA) is 41.1 Å². The molecule has 3 heteroatoms. The number of nitrogens with one attached hydrogen (secondary N) is 2. The average Bonchev–Trinajstić information content (AvgIpc) is 2.90. The zero-order valence-electron chi connectivity index (χ0n) is 11.7. The fraction of sp³-hybridized carbons (Fsp3) is 0.933. The first-order valence-corrected chi connectivity index (χ1v) is 7.78. The lowest BCUT2D eigenvalue weighted by molar-refractivity contribution is -0.121. The zero-order valence-corrected chi connectivity index (χ0v) is 11.7. The summed E-state index contributed by atoms with van der Waals surface area (Å²) in [6.07, 6.45) is 9.72. The van der Waals surface area contributed by atoms with Gasteiger partial charge in [-0.05, 0) is 44.1 Å². The van der Waals surface area contributed by atoms with Gasteiger partial charge in [0.05, 0.1) is 0 Å². The average molecular weight is 252 g/mol. The maximum atomic E-state index is 11.8. The molecule has 18 heavy (non-hydrogen) atoms. The van der Waals surface area contributed by atoms with Crippen molar-refractivity contribution in [3.05, 3.63) is 0 Å². The molecule has 1 saturated heterocycles. The SMILES string of the molecule is CCC1CCC(CNC(=O)CC2CCCN2)CC1. The lowest BCUT2D eigenvalue weighted by atomic mass is 9.81. The summed E-state index contributed by atoms with van der Waals surface area (Å²) < 4.78 is 0. The van der Waals surface area contributed by atoms with E-state index in [1.54, 1.807) is 0 Å². The molecule has 0 radical (unpaired) electrons. The molecule has 2 fully saturated rings. The molecule has 1 atom stereocenters. The second-order valence-electron chi connectivity index (χ2n) is 6.10. The maximum absolute atomic E-state index is 11.8. The summed E-state index contributed by atoms with van der Waals surface area (Å²) in [7, 11) is 0. The van der Waals surface area contributed by atoms with Gasteiger partial charge in [0.25, 0.3) is 0 Å². The largest absolute Gasteiger partial charge is 0.356 e. The van der Waals surface area contributed by atoms with Gasteiger partial charge in [-0.2, -0.15) is 0 Å². The van der Waals surface area contributed by atoms with Crippen molar-refractivity contribution >= 4 is 5.91 Å². The first-order chi connectivity index (χ1) is 8.78. The summed E-state index contributed by atoms with van der Waals surface area (Å²) in [5.74, 6) is 1.92. The third-order valence-corrected chi connectivity index (χ3v) is 4.73. The molecule has 1 heterocycles. The molecule has 1 amide bonds. The molecular formula is C15H28N2O. The number of amides is 1. The number of hydrogen-bond donors (Lipinski definition) is 2. The molecule has 2 N–H and O–H groups in total. The van der Waals surface area contributed by atoms with Gasteiger partial charge in [-0.3, -0.25) is 4.79 Å². The molecule has 1 saturated carbocycles. The van der Waals surface area contributed by atoms with Gasteiger partial charge in [-0.15, -0.1) is 0 Å². The van der Waals surface area contributed by atoms with Gasteiger partial charge in [0.2, 0.25) is 5.91 Å². The van der Waals surface area contributed by atoms with Gasteiger partial charge >= 0.3 is 0 Å². The highest BCUT2D eigenvalue weighted by Crippen LogP contribution is 2.30. The Bertz CT molecular complexity index is 253. The van der Waals surface area contributed by atoms with E-state index in [4.69, 9.17) is 0 Å². The van der Waals surface area contributed by atoms with Gasteiger partial charge in [0, 0.05) is 19.0 Å². The van der Waals surface area contributed by atoms with Gasteiger partial charge in [-0.1, -0.05) is 26.2 Å². The van der Waals surface area contributed by atoms with Crippen LogP contribution < -0.4 is 10.6 Å².